The molecule has 13 heteroatoms. The second kappa shape index (κ2) is 11.3. The highest BCUT2D eigenvalue weighted by Gasteiger charge is 2.44. The number of nitrogens with one attached hydrogen (secondary N) is 1. The maximum Gasteiger partial charge on any atom is 0.416 e. The lowest BCUT2D eigenvalue weighted by Gasteiger charge is -2.43. The average Bonchev–Trinajstić information content (AvgIpc) is 3.16. The number of likely N-dealkylation sites (tertiary alicyclic amines) is 2. The Balaban J connectivity index is 1.76. The van der Waals surface area contributed by atoms with Gasteiger partial charge in [0.2, 0.25) is 5.91 Å². The molecule has 9 nitrogen and oxygen atoms in total. The largest absolute Gasteiger partial charge is 0.444 e. The summed E-state index contributed by atoms with van der Waals surface area (Å²) in [5.41, 5.74) is -1.92. The summed E-state index contributed by atoms with van der Waals surface area (Å²) in [7, 11) is -3.53. The number of carbonyl (C=O) groups excluding carboxylic acids is 3. The SMILES string of the molecule is CC(C)S(=O)(=O)C[C@@H]1CN(C(=O)OC(C)(C)C)CC[C@@H]1N1CCC(NC(=O)c2cccc(C(F)(F)F)c2)C1=O. The Morgan fingerprint density at radius 2 is 1.79 bits per heavy atom. The summed E-state index contributed by atoms with van der Waals surface area (Å²) in [5, 5.41) is 1.88. The van der Waals surface area contributed by atoms with Gasteiger partial charge in [-0.15, -0.1) is 0 Å². The Hall–Kier alpha value is -2.83. The number of amides is 3. The molecule has 2 heterocycles. The molecule has 2 saturated heterocycles. The van der Waals surface area contributed by atoms with Crippen LogP contribution in [0.15, 0.2) is 24.3 Å². The normalized spacial score (nSPS) is 22.8. The molecule has 0 bridgehead atoms. The van der Waals surface area contributed by atoms with E-state index in [0.29, 0.717) is 6.42 Å². The predicted octanol–water partition coefficient (Wildman–Crippen LogP) is 3.48. The molecule has 3 rings (SSSR count). The van der Waals surface area contributed by atoms with Crippen LogP contribution in [0.4, 0.5) is 18.0 Å². The van der Waals surface area contributed by atoms with E-state index in [9.17, 15) is 36.0 Å². The minimum absolute atomic E-state index is 0.0799. The molecule has 0 saturated carbocycles. The fourth-order valence-electron chi connectivity index (χ4n) is 4.82. The number of carbonyl (C=O) groups is 3. The van der Waals surface area contributed by atoms with Crippen LogP contribution in [-0.4, -0.2) is 84.4 Å². The van der Waals surface area contributed by atoms with E-state index in [1.165, 1.54) is 15.9 Å². The van der Waals surface area contributed by atoms with Crippen molar-refractivity contribution in [3.05, 3.63) is 35.4 Å². The molecule has 1 N–H and O–H groups in total. The monoisotopic (exact) mass is 575 g/mol. The van der Waals surface area contributed by atoms with Gasteiger partial charge in [0.25, 0.3) is 5.91 Å². The smallest absolute Gasteiger partial charge is 0.416 e. The number of alkyl halides is 3. The van der Waals surface area contributed by atoms with Gasteiger partial charge in [0.05, 0.1) is 16.6 Å². The summed E-state index contributed by atoms with van der Waals surface area (Å²) in [6.07, 6.45) is -4.64. The third-order valence-electron chi connectivity index (χ3n) is 6.91. The van der Waals surface area contributed by atoms with E-state index in [4.69, 9.17) is 4.74 Å². The predicted molar refractivity (Wildman–Crippen MR) is 138 cm³/mol. The molecule has 3 atom stereocenters. The maximum absolute atomic E-state index is 13.3. The third kappa shape index (κ3) is 7.64. The molecule has 2 aliphatic rings. The second-order valence-electron chi connectivity index (χ2n) is 11.3. The third-order valence-corrected chi connectivity index (χ3v) is 9.24. The van der Waals surface area contributed by atoms with Gasteiger partial charge in [-0.1, -0.05) is 6.07 Å². The van der Waals surface area contributed by atoms with E-state index in [0.717, 1.165) is 18.2 Å². The molecule has 0 aliphatic carbocycles. The molecule has 0 radical (unpaired) electrons. The molecule has 2 fully saturated rings. The van der Waals surface area contributed by atoms with Crippen molar-refractivity contribution in [1.29, 1.82) is 0 Å². The van der Waals surface area contributed by atoms with Crippen molar-refractivity contribution in [1.82, 2.24) is 15.1 Å². The first-order chi connectivity index (χ1) is 17.9. The van der Waals surface area contributed by atoms with Crippen LogP contribution >= 0.6 is 0 Å². The van der Waals surface area contributed by atoms with Crippen molar-refractivity contribution >= 4 is 27.7 Å². The van der Waals surface area contributed by atoms with Crippen LogP contribution in [0.1, 0.15) is 63.4 Å². The van der Waals surface area contributed by atoms with Crippen molar-refractivity contribution < 1.29 is 40.7 Å². The van der Waals surface area contributed by atoms with Crippen LogP contribution in [0, 0.1) is 5.92 Å². The Morgan fingerprint density at radius 1 is 1.13 bits per heavy atom. The first-order valence-corrected chi connectivity index (χ1v) is 14.6. The molecule has 1 aromatic rings. The Kier molecular flexibility index (Phi) is 8.93. The molecular weight excluding hydrogens is 539 g/mol. The quantitative estimate of drug-likeness (QED) is 0.556. The Morgan fingerprint density at radius 3 is 2.38 bits per heavy atom. The van der Waals surface area contributed by atoms with Crippen LogP contribution < -0.4 is 5.32 Å². The topological polar surface area (TPSA) is 113 Å². The number of ether oxygens (including phenoxy) is 1. The highest BCUT2D eigenvalue weighted by Crippen LogP contribution is 2.31. The Labute approximate surface area is 227 Å². The van der Waals surface area contributed by atoms with Crippen molar-refractivity contribution in [2.45, 2.75) is 76.6 Å². The lowest BCUT2D eigenvalue weighted by atomic mass is 9.92. The van der Waals surface area contributed by atoms with Gasteiger partial charge in [-0.05, 0) is 65.7 Å². The lowest BCUT2D eigenvalue weighted by Crippen LogP contribution is -2.56. The summed E-state index contributed by atoms with van der Waals surface area (Å²) in [6, 6.07) is 2.48. The first-order valence-electron chi connectivity index (χ1n) is 12.9. The number of sulfone groups is 1. The Bertz CT molecular complexity index is 1200. The van der Waals surface area contributed by atoms with E-state index in [1.54, 1.807) is 34.6 Å². The summed E-state index contributed by atoms with van der Waals surface area (Å²) >= 11 is 0. The van der Waals surface area contributed by atoms with E-state index in [-0.39, 0.29) is 37.4 Å². The van der Waals surface area contributed by atoms with Gasteiger partial charge in [-0.25, -0.2) is 13.2 Å². The summed E-state index contributed by atoms with van der Waals surface area (Å²) in [4.78, 5) is 41.7. The van der Waals surface area contributed by atoms with Crippen molar-refractivity contribution in [2.24, 2.45) is 5.92 Å². The van der Waals surface area contributed by atoms with E-state index in [2.05, 4.69) is 5.32 Å². The van der Waals surface area contributed by atoms with E-state index in [1.807, 2.05) is 0 Å². The first kappa shape index (κ1) is 30.7. The van der Waals surface area contributed by atoms with Gasteiger partial charge < -0.3 is 19.9 Å². The maximum atomic E-state index is 13.3. The van der Waals surface area contributed by atoms with E-state index < -0.39 is 68.3 Å². The van der Waals surface area contributed by atoms with Crippen LogP contribution in [0.3, 0.4) is 0 Å². The minimum Gasteiger partial charge on any atom is -0.444 e. The molecule has 1 aromatic carbocycles. The number of benzene rings is 1. The van der Waals surface area contributed by atoms with Gasteiger partial charge in [0.15, 0.2) is 9.84 Å². The molecule has 1 unspecified atom stereocenters. The number of nitrogens with zero attached hydrogens (tertiary/aromatic N) is 2. The van der Waals surface area contributed by atoms with Crippen LogP contribution in [0.25, 0.3) is 0 Å². The van der Waals surface area contributed by atoms with Gasteiger partial charge in [0.1, 0.15) is 11.6 Å². The average molecular weight is 576 g/mol. The molecule has 0 spiro atoms. The number of halogens is 3. The zero-order valence-corrected chi connectivity index (χ0v) is 23.6. The fraction of sp³-hybridized carbons (Fsp3) is 0.654. The van der Waals surface area contributed by atoms with Crippen LogP contribution in [0.5, 0.6) is 0 Å². The van der Waals surface area contributed by atoms with Crippen LogP contribution in [-0.2, 0) is 25.5 Å². The number of piperidine rings is 1. The fourth-order valence-corrected chi connectivity index (χ4v) is 6.13. The van der Waals surface area contributed by atoms with E-state index >= 15 is 0 Å². The summed E-state index contributed by atoms with van der Waals surface area (Å²) < 4.78 is 70.3. The standard InChI is InChI=1S/C26H36F3N3O6S/c1-16(2)39(36,37)15-18-14-31(24(35)38-25(3,4)5)11-10-21(18)32-12-9-20(23(32)34)30-22(33)17-7-6-8-19(13-17)26(27,28)29/h6-8,13,16,18,20-21H,9-12,14-15H2,1-5H3,(H,30,33)/t18-,20?,21-/m0/s1. The molecule has 3 amide bonds. The number of hydrogen-bond donors (Lipinski definition) is 1. The van der Waals surface area contributed by atoms with Crippen LogP contribution in [0.2, 0.25) is 0 Å². The lowest BCUT2D eigenvalue weighted by molar-refractivity contribution is -0.137. The van der Waals surface area contributed by atoms with Crippen molar-refractivity contribution in [3.8, 4) is 0 Å². The zero-order chi connectivity index (χ0) is 29.3. The van der Waals surface area contributed by atoms with Crippen molar-refractivity contribution in [3.63, 3.8) is 0 Å². The highest BCUT2D eigenvalue weighted by molar-refractivity contribution is 7.91. The molecule has 2 aliphatic heterocycles. The van der Waals surface area contributed by atoms with Gasteiger partial charge in [0, 0.05) is 37.2 Å². The zero-order valence-electron chi connectivity index (χ0n) is 22.7. The summed E-state index contributed by atoms with van der Waals surface area (Å²) in [5.74, 6) is -2.06. The minimum atomic E-state index is -4.62. The second-order valence-corrected chi connectivity index (χ2v) is 13.9. The van der Waals surface area contributed by atoms with Gasteiger partial charge in [-0.3, -0.25) is 9.59 Å². The number of hydrogen-bond acceptors (Lipinski definition) is 6. The molecule has 0 aromatic heterocycles. The number of rotatable bonds is 6. The summed E-state index contributed by atoms with van der Waals surface area (Å²) in [6.45, 7) is 8.90. The van der Waals surface area contributed by atoms with Gasteiger partial charge >= 0.3 is 12.3 Å². The van der Waals surface area contributed by atoms with Gasteiger partial charge in [-0.2, -0.15) is 13.2 Å². The highest BCUT2D eigenvalue weighted by atomic mass is 32.2. The molecule has 218 valence electrons. The molecular formula is C26H36F3N3O6S. The van der Waals surface area contributed by atoms with Crippen molar-refractivity contribution in [2.75, 3.05) is 25.4 Å². The molecule has 39 heavy (non-hydrogen) atoms.